The van der Waals surface area contributed by atoms with Crippen molar-refractivity contribution in [3.05, 3.63) is 52.0 Å². The molecule has 1 aliphatic heterocycles. The highest BCUT2D eigenvalue weighted by atomic mass is 35.5. The molecule has 0 spiro atoms. The van der Waals surface area contributed by atoms with E-state index in [0.29, 0.717) is 53.2 Å². The molecule has 0 unspecified atom stereocenters. The number of amides is 1. The zero-order valence-electron chi connectivity index (χ0n) is 14.5. The molecule has 0 atom stereocenters. The van der Waals surface area contributed by atoms with Crippen molar-refractivity contribution in [1.82, 2.24) is 4.90 Å². The average Bonchev–Trinajstić information content (AvgIpc) is 2.67. The maximum absolute atomic E-state index is 12.4. The molecule has 140 valence electrons. The molecule has 1 amide bonds. The Kier molecular flexibility index (Phi) is 5.94. The van der Waals surface area contributed by atoms with Gasteiger partial charge >= 0.3 is 0 Å². The quantitative estimate of drug-likeness (QED) is 0.791. The molecular weight excluding hydrogens is 387 g/mol. The van der Waals surface area contributed by atoms with Crippen molar-refractivity contribution >= 4 is 40.5 Å². The molecular formula is C19H18Cl2N4O2. The highest BCUT2D eigenvalue weighted by Crippen LogP contribution is 2.27. The summed E-state index contributed by atoms with van der Waals surface area (Å²) >= 11 is 11.9. The summed E-state index contributed by atoms with van der Waals surface area (Å²) in [5, 5.41) is 10.2. The van der Waals surface area contributed by atoms with E-state index in [9.17, 15) is 10.1 Å². The first-order chi connectivity index (χ1) is 13.0. The maximum atomic E-state index is 12.4. The third-order valence-corrected chi connectivity index (χ3v) is 4.89. The van der Waals surface area contributed by atoms with Crippen molar-refractivity contribution < 1.29 is 9.53 Å². The highest BCUT2D eigenvalue weighted by Gasteiger charge is 2.23. The van der Waals surface area contributed by atoms with Crippen LogP contribution in [-0.4, -0.2) is 43.6 Å². The summed E-state index contributed by atoms with van der Waals surface area (Å²) in [6.45, 7) is 2.27. The minimum absolute atomic E-state index is 0.0906. The molecule has 1 fully saturated rings. The average molecular weight is 405 g/mol. The van der Waals surface area contributed by atoms with Crippen LogP contribution in [-0.2, 0) is 4.79 Å². The molecule has 6 nitrogen and oxygen atoms in total. The SMILES string of the molecule is N#Cc1cc(N)ccc1N1CCN(C(=O)COc2ccc(Cl)cc2Cl)CC1. The van der Waals surface area contributed by atoms with Gasteiger partial charge < -0.3 is 20.3 Å². The van der Waals surface area contributed by atoms with Crippen LogP contribution in [0.1, 0.15) is 5.56 Å². The van der Waals surface area contributed by atoms with Crippen molar-refractivity contribution in [2.75, 3.05) is 43.4 Å². The predicted molar refractivity (Wildman–Crippen MR) is 106 cm³/mol. The second-order valence-electron chi connectivity index (χ2n) is 6.12. The van der Waals surface area contributed by atoms with Gasteiger partial charge in [0, 0.05) is 36.9 Å². The van der Waals surface area contributed by atoms with E-state index in [1.807, 2.05) is 6.07 Å². The van der Waals surface area contributed by atoms with E-state index in [4.69, 9.17) is 33.7 Å². The number of piperazine rings is 1. The molecule has 2 N–H and O–H groups in total. The number of ether oxygens (including phenoxy) is 1. The number of carbonyl (C=O) groups excluding carboxylic acids is 1. The number of rotatable bonds is 4. The van der Waals surface area contributed by atoms with Crippen LogP contribution in [0.4, 0.5) is 11.4 Å². The first-order valence-corrected chi connectivity index (χ1v) is 9.13. The number of nitrogen functional groups attached to an aromatic ring is 1. The van der Waals surface area contributed by atoms with E-state index in [1.54, 1.807) is 35.2 Å². The van der Waals surface area contributed by atoms with E-state index in [1.165, 1.54) is 0 Å². The summed E-state index contributed by atoms with van der Waals surface area (Å²) in [6, 6.07) is 12.3. The molecule has 0 radical (unpaired) electrons. The van der Waals surface area contributed by atoms with Gasteiger partial charge in [0.05, 0.1) is 16.3 Å². The Bertz CT molecular complexity index is 890. The van der Waals surface area contributed by atoms with Crippen LogP contribution >= 0.6 is 23.2 Å². The Morgan fingerprint density at radius 3 is 2.56 bits per heavy atom. The van der Waals surface area contributed by atoms with E-state index in [0.717, 1.165) is 5.69 Å². The van der Waals surface area contributed by atoms with Gasteiger partial charge in [0.1, 0.15) is 11.8 Å². The predicted octanol–water partition coefficient (Wildman–Crippen LogP) is 3.17. The lowest BCUT2D eigenvalue weighted by molar-refractivity contribution is -0.133. The fourth-order valence-electron chi connectivity index (χ4n) is 2.94. The van der Waals surface area contributed by atoms with Gasteiger partial charge in [0.15, 0.2) is 6.61 Å². The highest BCUT2D eigenvalue weighted by molar-refractivity contribution is 6.35. The van der Waals surface area contributed by atoms with Crippen LogP contribution in [0.15, 0.2) is 36.4 Å². The lowest BCUT2D eigenvalue weighted by Crippen LogP contribution is -2.50. The van der Waals surface area contributed by atoms with E-state index in [-0.39, 0.29) is 12.5 Å². The summed E-state index contributed by atoms with van der Waals surface area (Å²) in [7, 11) is 0. The number of hydrogen-bond donors (Lipinski definition) is 1. The number of halogens is 2. The molecule has 0 aliphatic carbocycles. The second kappa shape index (κ2) is 8.38. The lowest BCUT2D eigenvalue weighted by Gasteiger charge is -2.36. The monoisotopic (exact) mass is 404 g/mol. The Morgan fingerprint density at radius 2 is 1.89 bits per heavy atom. The van der Waals surface area contributed by atoms with Crippen molar-refractivity contribution in [1.29, 1.82) is 5.26 Å². The zero-order chi connectivity index (χ0) is 19.4. The van der Waals surface area contributed by atoms with E-state index in [2.05, 4.69) is 11.0 Å². The Hall–Kier alpha value is -2.62. The fourth-order valence-corrected chi connectivity index (χ4v) is 3.40. The smallest absolute Gasteiger partial charge is 0.260 e. The first-order valence-electron chi connectivity index (χ1n) is 8.38. The third kappa shape index (κ3) is 4.57. The van der Waals surface area contributed by atoms with Crippen LogP contribution in [0.3, 0.4) is 0 Å². The van der Waals surface area contributed by atoms with Gasteiger partial charge in [-0.1, -0.05) is 23.2 Å². The number of carbonyl (C=O) groups is 1. The van der Waals surface area contributed by atoms with Gasteiger partial charge in [-0.2, -0.15) is 5.26 Å². The van der Waals surface area contributed by atoms with Crippen molar-refractivity contribution in [2.45, 2.75) is 0 Å². The molecule has 1 heterocycles. The summed E-state index contributed by atoms with van der Waals surface area (Å²) < 4.78 is 5.52. The van der Waals surface area contributed by atoms with Crippen molar-refractivity contribution in [3.8, 4) is 11.8 Å². The molecule has 0 saturated carbocycles. The number of benzene rings is 2. The molecule has 3 rings (SSSR count). The number of nitriles is 1. The molecule has 0 bridgehead atoms. The van der Waals surface area contributed by atoms with Gasteiger partial charge in [-0.15, -0.1) is 0 Å². The minimum atomic E-state index is -0.113. The molecule has 1 aliphatic rings. The maximum Gasteiger partial charge on any atom is 0.260 e. The van der Waals surface area contributed by atoms with Crippen molar-refractivity contribution in [3.63, 3.8) is 0 Å². The van der Waals surface area contributed by atoms with Gasteiger partial charge in [0.25, 0.3) is 5.91 Å². The van der Waals surface area contributed by atoms with Crippen LogP contribution in [0.5, 0.6) is 5.75 Å². The van der Waals surface area contributed by atoms with Crippen LogP contribution < -0.4 is 15.4 Å². The summed E-state index contributed by atoms with van der Waals surface area (Å²) in [6.07, 6.45) is 0. The van der Waals surface area contributed by atoms with Gasteiger partial charge in [0.2, 0.25) is 0 Å². The van der Waals surface area contributed by atoms with Crippen LogP contribution in [0, 0.1) is 11.3 Å². The number of anilines is 2. The van der Waals surface area contributed by atoms with Crippen LogP contribution in [0.2, 0.25) is 10.0 Å². The van der Waals surface area contributed by atoms with Gasteiger partial charge in [-0.3, -0.25) is 4.79 Å². The molecule has 2 aromatic carbocycles. The zero-order valence-corrected chi connectivity index (χ0v) is 16.0. The van der Waals surface area contributed by atoms with E-state index < -0.39 is 0 Å². The van der Waals surface area contributed by atoms with Gasteiger partial charge in [-0.25, -0.2) is 0 Å². The molecule has 27 heavy (non-hydrogen) atoms. The van der Waals surface area contributed by atoms with Crippen molar-refractivity contribution in [2.24, 2.45) is 0 Å². The second-order valence-corrected chi connectivity index (χ2v) is 6.96. The summed E-state index contributed by atoms with van der Waals surface area (Å²) in [5.41, 5.74) is 7.67. The Labute approximate surface area is 167 Å². The summed E-state index contributed by atoms with van der Waals surface area (Å²) in [4.78, 5) is 16.2. The Balaban J connectivity index is 1.56. The number of hydrogen-bond acceptors (Lipinski definition) is 5. The normalized spacial score (nSPS) is 14.0. The lowest BCUT2D eigenvalue weighted by atomic mass is 10.1. The fraction of sp³-hybridized carbons (Fsp3) is 0.263. The standard InChI is InChI=1S/C19H18Cl2N4O2/c20-14-1-4-18(16(21)10-14)27-12-19(26)25-7-5-24(6-8-25)17-3-2-15(23)9-13(17)11-22/h1-4,9-10H,5-8,12,23H2. The summed E-state index contributed by atoms with van der Waals surface area (Å²) in [5.74, 6) is 0.312. The molecule has 1 saturated heterocycles. The molecule has 0 aromatic heterocycles. The van der Waals surface area contributed by atoms with E-state index >= 15 is 0 Å². The minimum Gasteiger partial charge on any atom is -0.482 e. The Morgan fingerprint density at radius 1 is 1.15 bits per heavy atom. The van der Waals surface area contributed by atoms with Crippen LogP contribution in [0.25, 0.3) is 0 Å². The number of nitrogens with zero attached hydrogens (tertiary/aromatic N) is 3. The molecule has 8 heteroatoms. The molecule has 2 aromatic rings. The largest absolute Gasteiger partial charge is 0.482 e. The van der Waals surface area contributed by atoms with Gasteiger partial charge in [-0.05, 0) is 36.4 Å². The topological polar surface area (TPSA) is 82.6 Å². The number of nitrogens with two attached hydrogens (primary N) is 1. The first kappa shape index (κ1) is 19.2. The third-order valence-electron chi connectivity index (χ3n) is 4.36.